The second kappa shape index (κ2) is 7.15. The molecule has 0 aliphatic heterocycles. The zero-order chi connectivity index (χ0) is 20.5. The maximum Gasteiger partial charge on any atom is 0.332 e. The van der Waals surface area contributed by atoms with Crippen molar-refractivity contribution in [1.82, 2.24) is 29.1 Å². The Morgan fingerprint density at radius 1 is 1.10 bits per heavy atom. The lowest BCUT2D eigenvalue weighted by atomic mass is 10.2. The van der Waals surface area contributed by atoms with Gasteiger partial charge in [-0.2, -0.15) is 0 Å². The average molecular weight is 391 g/mol. The number of aromatic nitrogens is 6. The first-order chi connectivity index (χ1) is 13.9. The highest BCUT2D eigenvalue weighted by molar-refractivity contribution is 6.03. The lowest BCUT2D eigenvalue weighted by Gasteiger charge is -2.08. The molecule has 0 unspecified atom stereocenters. The van der Waals surface area contributed by atoms with E-state index in [0.717, 1.165) is 10.1 Å². The Morgan fingerprint density at radius 2 is 1.86 bits per heavy atom. The third-order valence-electron chi connectivity index (χ3n) is 4.51. The highest BCUT2D eigenvalue weighted by atomic mass is 16.2. The number of hydrogen-bond donors (Lipinski definition) is 1. The van der Waals surface area contributed by atoms with Gasteiger partial charge in [0.2, 0.25) is 0 Å². The third kappa shape index (κ3) is 3.43. The first kappa shape index (κ1) is 18.3. The normalized spacial score (nSPS) is 11.0. The molecule has 10 nitrogen and oxygen atoms in total. The van der Waals surface area contributed by atoms with Crippen LogP contribution in [0.1, 0.15) is 16.1 Å². The van der Waals surface area contributed by atoms with Crippen LogP contribution in [-0.2, 0) is 20.6 Å². The van der Waals surface area contributed by atoms with Crippen LogP contribution in [0.25, 0.3) is 11.0 Å². The summed E-state index contributed by atoms with van der Waals surface area (Å²) in [6.07, 6.45) is 2.92. The Kier molecular flexibility index (Phi) is 4.51. The van der Waals surface area contributed by atoms with E-state index in [1.54, 1.807) is 10.9 Å². The Morgan fingerprint density at radius 3 is 2.62 bits per heavy atom. The largest absolute Gasteiger partial charge is 0.332 e. The summed E-state index contributed by atoms with van der Waals surface area (Å²) in [6.45, 7) is 0.489. The van der Waals surface area contributed by atoms with E-state index >= 15 is 0 Å². The Balaban J connectivity index is 1.58. The molecule has 0 saturated heterocycles. The zero-order valence-electron chi connectivity index (χ0n) is 15.7. The van der Waals surface area contributed by atoms with E-state index < -0.39 is 17.2 Å². The van der Waals surface area contributed by atoms with Crippen molar-refractivity contribution in [2.45, 2.75) is 6.54 Å². The van der Waals surface area contributed by atoms with Crippen LogP contribution in [0.5, 0.6) is 0 Å². The van der Waals surface area contributed by atoms with Crippen LogP contribution in [0.3, 0.4) is 0 Å². The van der Waals surface area contributed by atoms with E-state index in [1.165, 1.54) is 30.9 Å². The van der Waals surface area contributed by atoms with Crippen molar-refractivity contribution in [3.8, 4) is 0 Å². The molecule has 146 valence electrons. The topological polar surface area (TPSA) is 117 Å². The number of nitrogens with one attached hydrogen (secondary N) is 1. The maximum atomic E-state index is 12.5. The number of pyridine rings is 1. The molecule has 0 fully saturated rings. The highest BCUT2D eigenvalue weighted by Crippen LogP contribution is 2.13. The fourth-order valence-corrected chi connectivity index (χ4v) is 2.98. The van der Waals surface area contributed by atoms with Gasteiger partial charge in [0.05, 0.1) is 30.0 Å². The van der Waals surface area contributed by atoms with E-state index in [-0.39, 0.29) is 16.7 Å². The Bertz CT molecular complexity index is 1340. The number of aryl methyl sites for hydroxylation is 1. The fraction of sp³-hybridized carbons (Fsp3) is 0.158. The van der Waals surface area contributed by atoms with Crippen LogP contribution in [-0.4, -0.2) is 35.0 Å². The van der Waals surface area contributed by atoms with E-state index in [9.17, 15) is 14.4 Å². The van der Waals surface area contributed by atoms with E-state index in [1.807, 2.05) is 30.3 Å². The van der Waals surface area contributed by atoms with Gasteiger partial charge in [0.25, 0.3) is 11.5 Å². The summed E-state index contributed by atoms with van der Waals surface area (Å²) < 4.78 is 3.83. The van der Waals surface area contributed by atoms with Gasteiger partial charge in [0.15, 0.2) is 5.69 Å². The second-order valence-electron chi connectivity index (χ2n) is 6.54. The van der Waals surface area contributed by atoms with Crippen molar-refractivity contribution in [2.24, 2.45) is 14.1 Å². The maximum absolute atomic E-state index is 12.5. The number of carbonyl (C=O) groups excluding carboxylic acids is 1. The number of nitrogens with zero attached hydrogens (tertiary/aromatic N) is 6. The lowest BCUT2D eigenvalue weighted by molar-refractivity contribution is 0.102. The van der Waals surface area contributed by atoms with Gasteiger partial charge in [-0.1, -0.05) is 35.5 Å². The van der Waals surface area contributed by atoms with Crippen molar-refractivity contribution >= 4 is 22.6 Å². The molecule has 1 amide bonds. The number of hydrogen-bond acceptors (Lipinski definition) is 6. The van der Waals surface area contributed by atoms with Gasteiger partial charge in [-0.05, 0) is 11.6 Å². The smallest absolute Gasteiger partial charge is 0.319 e. The van der Waals surface area contributed by atoms with Gasteiger partial charge in [0.1, 0.15) is 5.65 Å². The molecule has 4 aromatic rings. The molecule has 0 spiro atoms. The summed E-state index contributed by atoms with van der Waals surface area (Å²) in [4.78, 5) is 41.0. The lowest BCUT2D eigenvalue weighted by Crippen LogP contribution is -2.37. The second-order valence-corrected chi connectivity index (χ2v) is 6.54. The molecule has 0 atom stereocenters. The van der Waals surface area contributed by atoms with Crippen LogP contribution in [0.2, 0.25) is 0 Å². The number of rotatable bonds is 4. The average Bonchev–Trinajstić information content (AvgIpc) is 3.20. The highest BCUT2D eigenvalue weighted by Gasteiger charge is 2.14. The molecule has 10 heteroatoms. The van der Waals surface area contributed by atoms with Gasteiger partial charge >= 0.3 is 5.69 Å². The third-order valence-corrected chi connectivity index (χ3v) is 4.51. The van der Waals surface area contributed by atoms with Crippen molar-refractivity contribution < 1.29 is 4.79 Å². The monoisotopic (exact) mass is 391 g/mol. The molecule has 0 bridgehead atoms. The zero-order valence-corrected chi connectivity index (χ0v) is 15.7. The SMILES string of the molecule is Cn1c(=O)c2cc(NC(=O)c3cn(Cc4ccccc4)nn3)cnc2n(C)c1=O. The number of fused-ring (bicyclic) bond motifs is 1. The number of amides is 1. The Labute approximate surface area is 164 Å². The number of anilines is 1. The van der Waals surface area contributed by atoms with Crippen molar-refractivity contribution in [3.05, 3.63) is 80.9 Å². The summed E-state index contributed by atoms with van der Waals surface area (Å²) in [7, 11) is 2.92. The van der Waals surface area contributed by atoms with Crippen LogP contribution < -0.4 is 16.6 Å². The quantitative estimate of drug-likeness (QED) is 0.542. The van der Waals surface area contributed by atoms with E-state index in [0.29, 0.717) is 12.2 Å². The van der Waals surface area contributed by atoms with Gasteiger partial charge in [-0.3, -0.25) is 18.7 Å². The minimum Gasteiger partial charge on any atom is -0.319 e. The molecular formula is C19H17N7O3. The molecule has 0 radical (unpaired) electrons. The molecule has 3 heterocycles. The molecule has 4 rings (SSSR count). The van der Waals surface area contributed by atoms with Crippen molar-refractivity contribution in [1.29, 1.82) is 0 Å². The summed E-state index contributed by atoms with van der Waals surface area (Å²) in [6, 6.07) is 11.2. The van der Waals surface area contributed by atoms with E-state index in [2.05, 4.69) is 20.6 Å². The first-order valence-electron chi connectivity index (χ1n) is 8.75. The van der Waals surface area contributed by atoms with Crippen LogP contribution in [0, 0.1) is 0 Å². The summed E-state index contributed by atoms with van der Waals surface area (Å²) in [5, 5.41) is 10.7. The number of benzene rings is 1. The van der Waals surface area contributed by atoms with Gasteiger partial charge in [-0.15, -0.1) is 5.10 Å². The fourth-order valence-electron chi connectivity index (χ4n) is 2.98. The van der Waals surface area contributed by atoms with E-state index in [4.69, 9.17) is 0 Å². The van der Waals surface area contributed by atoms with Crippen LogP contribution >= 0.6 is 0 Å². The molecule has 0 aliphatic carbocycles. The Hall–Kier alpha value is -4.08. The molecule has 1 N–H and O–H groups in total. The van der Waals surface area contributed by atoms with Gasteiger partial charge in [-0.25, -0.2) is 14.5 Å². The molecule has 0 aliphatic rings. The molecule has 29 heavy (non-hydrogen) atoms. The molecular weight excluding hydrogens is 374 g/mol. The van der Waals surface area contributed by atoms with Crippen LogP contribution in [0.4, 0.5) is 5.69 Å². The molecule has 3 aromatic heterocycles. The molecule has 1 aromatic carbocycles. The summed E-state index contributed by atoms with van der Waals surface area (Å²) in [5.74, 6) is -0.480. The predicted octanol–water partition coefficient (Wildman–Crippen LogP) is 0.524. The minimum absolute atomic E-state index is 0.134. The first-order valence-corrected chi connectivity index (χ1v) is 8.75. The number of carbonyl (C=O) groups is 1. The van der Waals surface area contributed by atoms with Crippen molar-refractivity contribution in [2.75, 3.05) is 5.32 Å². The van der Waals surface area contributed by atoms with Crippen LogP contribution in [0.15, 0.2) is 58.4 Å². The van der Waals surface area contributed by atoms with Crippen molar-refractivity contribution in [3.63, 3.8) is 0 Å². The molecule has 0 saturated carbocycles. The van der Waals surface area contributed by atoms with Gasteiger partial charge < -0.3 is 5.32 Å². The predicted molar refractivity (Wildman–Crippen MR) is 106 cm³/mol. The standard InChI is InChI=1S/C19H17N7O3/c1-24-16-14(18(28)25(2)19(24)29)8-13(9-20-16)21-17(27)15-11-26(23-22-15)10-12-6-4-3-5-7-12/h3-9,11H,10H2,1-2H3,(H,21,27). The summed E-state index contributed by atoms with van der Waals surface area (Å²) >= 11 is 0. The van der Waals surface area contributed by atoms with Gasteiger partial charge in [0, 0.05) is 14.1 Å². The minimum atomic E-state index is -0.486. The summed E-state index contributed by atoms with van der Waals surface area (Å²) in [5.41, 5.74) is 0.766.